The fourth-order valence-electron chi connectivity index (χ4n) is 1.17. The molecule has 11 heavy (non-hydrogen) atoms. The molecule has 2 N–H and O–H groups in total. The van der Waals surface area contributed by atoms with Crippen molar-refractivity contribution in [2.45, 2.75) is 24.7 Å². The first-order valence-corrected chi connectivity index (χ1v) is 3.59. The summed E-state index contributed by atoms with van der Waals surface area (Å²) in [5, 5.41) is 18.2. The summed E-state index contributed by atoms with van der Waals surface area (Å²) in [5.74, 6) is 0. The van der Waals surface area contributed by atoms with E-state index in [-0.39, 0.29) is 6.61 Å². The minimum Gasteiger partial charge on any atom is -0.394 e. The predicted molar refractivity (Wildman–Crippen MR) is 38.2 cm³/mol. The summed E-state index contributed by atoms with van der Waals surface area (Å²) in [4.78, 5) is 0. The molecule has 0 aromatic carbocycles. The molecule has 4 heteroatoms. The van der Waals surface area contributed by atoms with Gasteiger partial charge in [-0.1, -0.05) is 0 Å². The van der Waals surface area contributed by atoms with Crippen molar-refractivity contribution < 1.29 is 19.7 Å². The number of methoxy groups -OCH3 is 1. The van der Waals surface area contributed by atoms with Crippen molar-refractivity contribution in [2.75, 3.05) is 20.3 Å². The zero-order chi connectivity index (χ0) is 8.48. The summed E-state index contributed by atoms with van der Waals surface area (Å²) in [6.07, 6.45) is -1.24. The zero-order valence-corrected chi connectivity index (χ0v) is 6.78. The Morgan fingerprint density at radius 1 is 1.73 bits per heavy atom. The Labute approximate surface area is 65.7 Å². The topological polar surface area (TPSA) is 58.9 Å². The highest BCUT2D eigenvalue weighted by Gasteiger charge is 2.45. The van der Waals surface area contributed by atoms with Crippen molar-refractivity contribution in [3.05, 3.63) is 0 Å². The van der Waals surface area contributed by atoms with E-state index in [2.05, 4.69) is 0 Å². The van der Waals surface area contributed by atoms with Crippen molar-refractivity contribution in [1.82, 2.24) is 0 Å². The van der Waals surface area contributed by atoms with Crippen LogP contribution in [0.2, 0.25) is 0 Å². The van der Waals surface area contributed by atoms with Gasteiger partial charge in [-0.2, -0.15) is 0 Å². The first-order valence-electron chi connectivity index (χ1n) is 3.59. The van der Waals surface area contributed by atoms with E-state index in [4.69, 9.17) is 14.6 Å². The van der Waals surface area contributed by atoms with Gasteiger partial charge in [-0.25, -0.2) is 0 Å². The second-order valence-corrected chi connectivity index (χ2v) is 2.99. The Morgan fingerprint density at radius 3 is 2.64 bits per heavy atom. The highest BCUT2D eigenvalue weighted by molar-refractivity contribution is 4.94. The van der Waals surface area contributed by atoms with Gasteiger partial charge in [0.1, 0.15) is 17.8 Å². The van der Waals surface area contributed by atoms with Crippen LogP contribution < -0.4 is 0 Å². The lowest BCUT2D eigenvalue weighted by Gasteiger charge is -2.25. The summed E-state index contributed by atoms with van der Waals surface area (Å²) in [6, 6.07) is 0. The van der Waals surface area contributed by atoms with Crippen LogP contribution in [0.15, 0.2) is 0 Å². The molecule has 0 aromatic rings. The Bertz CT molecular complexity index is 138. The predicted octanol–water partition coefficient (Wildman–Crippen LogP) is -0.857. The third-order valence-corrected chi connectivity index (χ3v) is 2.21. The minimum atomic E-state index is -0.738. The quantitative estimate of drug-likeness (QED) is 0.555. The third kappa shape index (κ3) is 1.39. The van der Waals surface area contributed by atoms with Crippen LogP contribution in [0.25, 0.3) is 0 Å². The molecule has 1 aliphatic rings. The molecule has 1 saturated heterocycles. The molecule has 1 aliphatic heterocycles. The molecule has 3 atom stereocenters. The van der Waals surface area contributed by atoms with Crippen molar-refractivity contribution >= 4 is 0 Å². The van der Waals surface area contributed by atoms with Crippen LogP contribution in [0.4, 0.5) is 0 Å². The first kappa shape index (κ1) is 8.93. The number of aliphatic hydroxyl groups excluding tert-OH is 2. The summed E-state index contributed by atoms with van der Waals surface area (Å²) in [6.45, 7) is 1.92. The van der Waals surface area contributed by atoms with Gasteiger partial charge >= 0.3 is 0 Å². The van der Waals surface area contributed by atoms with Gasteiger partial charge in [0.25, 0.3) is 0 Å². The minimum absolute atomic E-state index is 0.167. The normalized spacial score (nSPS) is 44.7. The molecule has 1 unspecified atom stereocenters. The first-order chi connectivity index (χ1) is 5.14. The lowest BCUT2D eigenvalue weighted by Crippen LogP contribution is -2.43. The summed E-state index contributed by atoms with van der Waals surface area (Å²) < 4.78 is 10.2. The largest absolute Gasteiger partial charge is 0.394 e. The van der Waals surface area contributed by atoms with E-state index in [0.29, 0.717) is 6.61 Å². The molecule has 4 nitrogen and oxygen atoms in total. The molecule has 0 aromatic heterocycles. The van der Waals surface area contributed by atoms with Crippen molar-refractivity contribution in [1.29, 1.82) is 0 Å². The van der Waals surface area contributed by atoms with E-state index in [1.165, 1.54) is 7.11 Å². The van der Waals surface area contributed by atoms with Gasteiger partial charge in [-0.05, 0) is 6.92 Å². The van der Waals surface area contributed by atoms with Crippen molar-refractivity contribution in [3.63, 3.8) is 0 Å². The highest BCUT2D eigenvalue weighted by atomic mass is 16.6. The smallest absolute Gasteiger partial charge is 0.117 e. The molecule has 1 fully saturated rings. The number of aliphatic hydroxyl groups is 2. The lowest BCUT2D eigenvalue weighted by molar-refractivity contribution is -0.0700. The van der Waals surface area contributed by atoms with Crippen LogP contribution in [0, 0.1) is 0 Å². The summed E-state index contributed by atoms with van der Waals surface area (Å²) >= 11 is 0. The van der Waals surface area contributed by atoms with Crippen LogP contribution in [-0.2, 0) is 9.47 Å². The number of hydrogen-bond acceptors (Lipinski definition) is 4. The second kappa shape index (κ2) is 3.06. The fourth-order valence-corrected chi connectivity index (χ4v) is 1.17. The maximum Gasteiger partial charge on any atom is 0.117 e. The maximum absolute atomic E-state index is 9.50. The molecule has 1 heterocycles. The highest BCUT2D eigenvalue weighted by Crippen LogP contribution is 2.26. The molecule has 0 saturated carbocycles. The van der Waals surface area contributed by atoms with E-state index < -0.39 is 17.8 Å². The van der Waals surface area contributed by atoms with Crippen molar-refractivity contribution in [3.8, 4) is 0 Å². The Hall–Kier alpha value is -0.160. The molecule has 0 radical (unpaired) electrons. The zero-order valence-electron chi connectivity index (χ0n) is 6.78. The standard InChI is InChI=1S/C7H14O4/c1-7(10-2)4-11-5(3-8)6(7)9/h5-6,8-9H,3-4H2,1-2H3/t5-,6?,7+/m1/s1. The Balaban J connectivity index is 2.61. The monoisotopic (exact) mass is 162 g/mol. The molecule has 0 aliphatic carbocycles. The van der Waals surface area contributed by atoms with E-state index in [9.17, 15) is 5.11 Å². The number of rotatable bonds is 2. The molecule has 0 spiro atoms. The number of hydrogen-bond donors (Lipinski definition) is 2. The third-order valence-electron chi connectivity index (χ3n) is 2.21. The fraction of sp³-hybridized carbons (Fsp3) is 1.00. The van der Waals surface area contributed by atoms with E-state index in [0.717, 1.165) is 0 Å². The van der Waals surface area contributed by atoms with Gasteiger partial charge in [-0.15, -0.1) is 0 Å². The lowest BCUT2D eigenvalue weighted by atomic mass is 9.99. The van der Waals surface area contributed by atoms with Crippen molar-refractivity contribution in [2.24, 2.45) is 0 Å². The average Bonchev–Trinajstić information content (AvgIpc) is 2.31. The summed E-state index contributed by atoms with van der Waals surface area (Å²) in [7, 11) is 1.52. The van der Waals surface area contributed by atoms with Gasteiger partial charge in [0.05, 0.1) is 13.2 Å². The van der Waals surface area contributed by atoms with Gasteiger partial charge in [0.15, 0.2) is 0 Å². The molecule has 0 amide bonds. The molecular formula is C7H14O4. The van der Waals surface area contributed by atoms with Crippen LogP contribution >= 0.6 is 0 Å². The van der Waals surface area contributed by atoms with E-state index in [1.54, 1.807) is 6.92 Å². The Morgan fingerprint density at radius 2 is 2.36 bits per heavy atom. The second-order valence-electron chi connectivity index (χ2n) is 2.99. The van der Waals surface area contributed by atoms with E-state index >= 15 is 0 Å². The molecule has 66 valence electrons. The van der Waals surface area contributed by atoms with Gasteiger partial charge < -0.3 is 19.7 Å². The maximum atomic E-state index is 9.50. The van der Waals surface area contributed by atoms with Gasteiger partial charge in [0, 0.05) is 7.11 Å². The molecule has 0 bridgehead atoms. The van der Waals surface area contributed by atoms with Crippen LogP contribution in [0.1, 0.15) is 6.92 Å². The van der Waals surface area contributed by atoms with Crippen LogP contribution in [0.3, 0.4) is 0 Å². The average molecular weight is 162 g/mol. The van der Waals surface area contributed by atoms with Gasteiger partial charge in [-0.3, -0.25) is 0 Å². The van der Waals surface area contributed by atoms with Gasteiger partial charge in [0.2, 0.25) is 0 Å². The molecule has 1 rings (SSSR count). The van der Waals surface area contributed by atoms with E-state index in [1.807, 2.05) is 0 Å². The van der Waals surface area contributed by atoms with Crippen LogP contribution in [-0.4, -0.2) is 48.3 Å². The molecular weight excluding hydrogens is 148 g/mol. The SMILES string of the molecule is CO[C@@]1(C)CO[C@H](CO)C1O. The van der Waals surface area contributed by atoms with Crippen LogP contribution in [0.5, 0.6) is 0 Å². The Kier molecular flexibility index (Phi) is 2.49. The summed E-state index contributed by atoms with van der Waals surface area (Å²) in [5.41, 5.74) is -0.659. The number of ether oxygens (including phenoxy) is 2.